The second-order valence-corrected chi connectivity index (χ2v) is 7.29. The first-order valence-corrected chi connectivity index (χ1v) is 8.89. The van der Waals surface area contributed by atoms with Crippen LogP contribution in [0, 0.1) is 17.2 Å². The predicted molar refractivity (Wildman–Crippen MR) is 81.7 cm³/mol. The van der Waals surface area contributed by atoms with Gasteiger partial charge in [-0.1, -0.05) is 31.0 Å². The van der Waals surface area contributed by atoms with Gasteiger partial charge in [0.25, 0.3) is 0 Å². The van der Waals surface area contributed by atoms with E-state index in [4.69, 9.17) is 11.0 Å². The highest BCUT2D eigenvalue weighted by molar-refractivity contribution is 7.88. The number of rotatable bonds is 5. The van der Waals surface area contributed by atoms with Crippen molar-refractivity contribution in [1.29, 1.82) is 5.26 Å². The molecule has 0 spiro atoms. The molecule has 0 bridgehead atoms. The average molecular weight is 307 g/mol. The van der Waals surface area contributed by atoms with Crippen molar-refractivity contribution in [2.75, 3.05) is 6.54 Å². The Morgan fingerprint density at radius 1 is 1.29 bits per heavy atom. The number of benzene rings is 1. The highest BCUT2D eigenvalue weighted by atomic mass is 32.2. The largest absolute Gasteiger partial charge is 0.330 e. The van der Waals surface area contributed by atoms with Crippen LogP contribution in [0.25, 0.3) is 0 Å². The van der Waals surface area contributed by atoms with Crippen LogP contribution in [0.15, 0.2) is 24.3 Å². The van der Waals surface area contributed by atoms with E-state index in [0.717, 1.165) is 25.7 Å². The lowest BCUT2D eigenvalue weighted by Gasteiger charge is -2.31. The van der Waals surface area contributed by atoms with E-state index in [-0.39, 0.29) is 17.7 Å². The normalized spacial score (nSPS) is 22.7. The molecule has 1 saturated carbocycles. The SMILES string of the molecule is N#Cc1ccccc1CS(=O)(=O)NC1CCCCC1CN. The summed E-state index contributed by atoms with van der Waals surface area (Å²) in [5.74, 6) is 0.0459. The molecule has 0 aromatic heterocycles. The molecule has 1 aromatic carbocycles. The molecule has 0 aliphatic heterocycles. The van der Waals surface area contributed by atoms with E-state index in [9.17, 15) is 8.42 Å². The highest BCUT2D eigenvalue weighted by Crippen LogP contribution is 2.24. The van der Waals surface area contributed by atoms with Crippen LogP contribution >= 0.6 is 0 Å². The highest BCUT2D eigenvalue weighted by Gasteiger charge is 2.28. The van der Waals surface area contributed by atoms with E-state index >= 15 is 0 Å². The maximum Gasteiger partial charge on any atom is 0.216 e. The molecule has 3 N–H and O–H groups in total. The van der Waals surface area contributed by atoms with E-state index in [2.05, 4.69) is 4.72 Å². The number of sulfonamides is 1. The van der Waals surface area contributed by atoms with E-state index < -0.39 is 10.0 Å². The van der Waals surface area contributed by atoms with Gasteiger partial charge in [-0.3, -0.25) is 0 Å². The zero-order chi connectivity index (χ0) is 15.3. The minimum atomic E-state index is -3.47. The Kier molecular flexibility index (Phi) is 5.34. The molecule has 1 aliphatic rings. The number of nitrogens with two attached hydrogens (primary N) is 1. The molecule has 0 amide bonds. The summed E-state index contributed by atoms with van der Waals surface area (Å²) >= 11 is 0. The number of nitrogens with one attached hydrogen (secondary N) is 1. The summed E-state index contributed by atoms with van der Waals surface area (Å²) in [5, 5.41) is 9.04. The molecule has 2 rings (SSSR count). The van der Waals surface area contributed by atoms with E-state index in [1.165, 1.54) is 0 Å². The molecule has 5 nitrogen and oxygen atoms in total. The first-order valence-electron chi connectivity index (χ1n) is 7.24. The van der Waals surface area contributed by atoms with Gasteiger partial charge in [-0.25, -0.2) is 13.1 Å². The van der Waals surface area contributed by atoms with Crippen LogP contribution < -0.4 is 10.5 Å². The van der Waals surface area contributed by atoms with Crippen LogP contribution in [-0.2, 0) is 15.8 Å². The monoisotopic (exact) mass is 307 g/mol. The third-order valence-electron chi connectivity index (χ3n) is 4.03. The molecule has 2 atom stereocenters. The van der Waals surface area contributed by atoms with Gasteiger partial charge in [0.15, 0.2) is 0 Å². The lowest BCUT2D eigenvalue weighted by Crippen LogP contribution is -2.45. The van der Waals surface area contributed by atoms with Crippen LogP contribution in [0.3, 0.4) is 0 Å². The van der Waals surface area contributed by atoms with Crippen molar-refractivity contribution in [1.82, 2.24) is 4.72 Å². The topological polar surface area (TPSA) is 96.0 Å². The predicted octanol–water partition coefficient (Wildman–Crippen LogP) is 1.50. The van der Waals surface area contributed by atoms with Gasteiger partial charge in [0.1, 0.15) is 0 Å². The van der Waals surface area contributed by atoms with E-state index in [1.54, 1.807) is 24.3 Å². The summed E-state index contributed by atoms with van der Waals surface area (Å²) in [6.07, 6.45) is 3.94. The fraction of sp³-hybridized carbons (Fsp3) is 0.533. The van der Waals surface area contributed by atoms with Gasteiger partial charge < -0.3 is 5.73 Å². The third-order valence-corrected chi connectivity index (χ3v) is 5.38. The van der Waals surface area contributed by atoms with Gasteiger partial charge in [0.05, 0.1) is 17.4 Å². The lowest BCUT2D eigenvalue weighted by molar-refractivity contribution is 0.296. The molecule has 21 heavy (non-hydrogen) atoms. The number of nitriles is 1. The molecule has 1 fully saturated rings. The Hall–Kier alpha value is -1.42. The molecule has 6 heteroatoms. The van der Waals surface area contributed by atoms with Crippen molar-refractivity contribution in [3.8, 4) is 6.07 Å². The van der Waals surface area contributed by atoms with Crippen molar-refractivity contribution >= 4 is 10.0 Å². The van der Waals surface area contributed by atoms with Crippen molar-refractivity contribution < 1.29 is 8.42 Å². The number of hydrogen-bond donors (Lipinski definition) is 2. The number of nitrogens with zero attached hydrogens (tertiary/aromatic N) is 1. The third kappa shape index (κ3) is 4.27. The Balaban J connectivity index is 2.10. The van der Waals surface area contributed by atoms with Gasteiger partial charge in [-0.2, -0.15) is 5.26 Å². The van der Waals surface area contributed by atoms with Gasteiger partial charge in [0, 0.05) is 6.04 Å². The fourth-order valence-electron chi connectivity index (χ4n) is 2.88. The Morgan fingerprint density at radius 3 is 2.71 bits per heavy atom. The van der Waals surface area contributed by atoms with Crippen LogP contribution in [0.2, 0.25) is 0 Å². The van der Waals surface area contributed by atoms with Crippen molar-refractivity contribution in [3.05, 3.63) is 35.4 Å². The molecule has 2 unspecified atom stereocenters. The van der Waals surface area contributed by atoms with E-state index in [0.29, 0.717) is 17.7 Å². The molecular formula is C15H21N3O2S. The number of hydrogen-bond acceptors (Lipinski definition) is 4. The molecule has 1 aliphatic carbocycles. The lowest BCUT2D eigenvalue weighted by atomic mass is 9.85. The molecule has 1 aromatic rings. The van der Waals surface area contributed by atoms with Crippen molar-refractivity contribution in [2.45, 2.75) is 37.5 Å². The summed E-state index contributed by atoms with van der Waals surface area (Å²) in [5.41, 5.74) is 6.67. The molecule has 114 valence electrons. The summed E-state index contributed by atoms with van der Waals surface area (Å²) < 4.78 is 27.5. The quantitative estimate of drug-likeness (QED) is 0.861. The second-order valence-electron chi connectivity index (χ2n) is 5.53. The zero-order valence-electron chi connectivity index (χ0n) is 12.0. The summed E-state index contributed by atoms with van der Waals surface area (Å²) in [4.78, 5) is 0. The van der Waals surface area contributed by atoms with Crippen molar-refractivity contribution in [3.63, 3.8) is 0 Å². The Labute approximate surface area is 126 Å². The average Bonchev–Trinajstić information content (AvgIpc) is 2.47. The van der Waals surface area contributed by atoms with Crippen LogP contribution in [-0.4, -0.2) is 21.0 Å². The summed E-state index contributed by atoms with van der Waals surface area (Å²) in [6.45, 7) is 0.502. The summed E-state index contributed by atoms with van der Waals surface area (Å²) in [6, 6.07) is 8.74. The van der Waals surface area contributed by atoms with Gasteiger partial charge in [-0.05, 0) is 36.9 Å². The summed E-state index contributed by atoms with van der Waals surface area (Å²) in [7, 11) is -3.47. The minimum Gasteiger partial charge on any atom is -0.330 e. The van der Waals surface area contributed by atoms with Crippen LogP contribution in [0.5, 0.6) is 0 Å². The van der Waals surface area contributed by atoms with Gasteiger partial charge >= 0.3 is 0 Å². The molecule has 0 radical (unpaired) electrons. The fourth-order valence-corrected chi connectivity index (χ4v) is 4.39. The standard InChI is InChI=1S/C15H21N3O2S/c16-9-12-5-1-2-7-14(12)11-21(19,20)18-15-8-4-3-6-13(15)10-17/h1-2,5,7,13,15,18H,3-4,6,8,10-11,17H2. The first kappa shape index (κ1) is 16.0. The van der Waals surface area contributed by atoms with Gasteiger partial charge in [0.2, 0.25) is 10.0 Å². The Bertz CT molecular complexity index is 622. The van der Waals surface area contributed by atoms with Crippen LogP contribution in [0.1, 0.15) is 36.8 Å². The smallest absolute Gasteiger partial charge is 0.216 e. The Morgan fingerprint density at radius 2 is 2.00 bits per heavy atom. The maximum absolute atomic E-state index is 12.3. The minimum absolute atomic E-state index is 0.0806. The molecular weight excluding hydrogens is 286 g/mol. The zero-order valence-corrected chi connectivity index (χ0v) is 12.8. The first-order chi connectivity index (χ1) is 10.1. The molecule has 0 heterocycles. The second kappa shape index (κ2) is 7.03. The molecule has 0 saturated heterocycles. The maximum atomic E-state index is 12.3. The van der Waals surface area contributed by atoms with Crippen LogP contribution in [0.4, 0.5) is 0 Å². The van der Waals surface area contributed by atoms with E-state index in [1.807, 2.05) is 6.07 Å². The van der Waals surface area contributed by atoms with Crippen molar-refractivity contribution in [2.24, 2.45) is 11.7 Å². The van der Waals surface area contributed by atoms with Gasteiger partial charge in [-0.15, -0.1) is 0 Å².